The van der Waals surface area contributed by atoms with Crippen LogP contribution in [0.15, 0.2) is 12.1 Å². The molecule has 1 atom stereocenters. The van der Waals surface area contributed by atoms with Crippen LogP contribution in [0.2, 0.25) is 5.02 Å². The standard InChI is InChI=1S/C11H11ClFN3/c12-11-7(10-6-15-3-4-16-10)1-2-9(13)8(11)5-14/h1-2,10,15-16H,3-4,6H2/t10-/m1/s1. The molecule has 0 aliphatic carbocycles. The first-order valence-electron chi connectivity index (χ1n) is 5.06. The summed E-state index contributed by atoms with van der Waals surface area (Å²) in [4.78, 5) is 0. The van der Waals surface area contributed by atoms with Crippen LogP contribution in [0.3, 0.4) is 0 Å². The number of piperazine rings is 1. The molecule has 1 aromatic rings. The fourth-order valence-corrected chi connectivity index (χ4v) is 2.14. The van der Waals surface area contributed by atoms with Crippen molar-refractivity contribution >= 4 is 11.6 Å². The number of nitrogens with zero attached hydrogens (tertiary/aromatic N) is 1. The number of hydrogen-bond donors (Lipinski definition) is 2. The molecule has 1 saturated heterocycles. The van der Waals surface area contributed by atoms with E-state index >= 15 is 0 Å². The Kier molecular flexibility index (Phi) is 3.39. The molecule has 1 heterocycles. The van der Waals surface area contributed by atoms with E-state index in [4.69, 9.17) is 16.9 Å². The van der Waals surface area contributed by atoms with Crippen molar-refractivity contribution in [3.63, 3.8) is 0 Å². The van der Waals surface area contributed by atoms with Crippen LogP contribution in [0, 0.1) is 17.1 Å². The van der Waals surface area contributed by atoms with Gasteiger partial charge in [0.1, 0.15) is 17.4 Å². The van der Waals surface area contributed by atoms with E-state index in [2.05, 4.69) is 10.6 Å². The molecule has 16 heavy (non-hydrogen) atoms. The van der Waals surface area contributed by atoms with Crippen molar-refractivity contribution in [1.29, 1.82) is 5.26 Å². The number of halogens is 2. The van der Waals surface area contributed by atoms with Gasteiger partial charge in [-0.25, -0.2) is 4.39 Å². The molecule has 1 aromatic carbocycles. The van der Waals surface area contributed by atoms with Crippen LogP contribution in [-0.2, 0) is 0 Å². The van der Waals surface area contributed by atoms with Gasteiger partial charge in [-0.3, -0.25) is 0 Å². The average Bonchev–Trinajstić information content (AvgIpc) is 2.31. The topological polar surface area (TPSA) is 47.9 Å². The van der Waals surface area contributed by atoms with Gasteiger partial charge in [-0.1, -0.05) is 17.7 Å². The number of benzene rings is 1. The predicted octanol–water partition coefficient (Wildman–Crippen LogP) is 1.58. The second kappa shape index (κ2) is 4.79. The summed E-state index contributed by atoms with van der Waals surface area (Å²) in [5.74, 6) is -0.569. The highest BCUT2D eigenvalue weighted by atomic mass is 35.5. The highest BCUT2D eigenvalue weighted by molar-refractivity contribution is 6.32. The first-order valence-corrected chi connectivity index (χ1v) is 5.44. The third-order valence-electron chi connectivity index (χ3n) is 2.65. The molecule has 2 N–H and O–H groups in total. The molecule has 1 aliphatic rings. The SMILES string of the molecule is N#Cc1c(F)ccc([C@H]2CNCCN2)c1Cl. The minimum Gasteiger partial charge on any atom is -0.314 e. The minimum absolute atomic E-state index is 0.0361. The lowest BCUT2D eigenvalue weighted by Gasteiger charge is -2.25. The zero-order valence-corrected chi connectivity index (χ0v) is 9.31. The molecular formula is C11H11ClFN3. The van der Waals surface area contributed by atoms with E-state index in [1.807, 2.05) is 0 Å². The Labute approximate surface area is 98.2 Å². The molecular weight excluding hydrogens is 229 g/mol. The molecule has 5 heteroatoms. The molecule has 0 radical (unpaired) electrons. The van der Waals surface area contributed by atoms with Gasteiger partial charge < -0.3 is 10.6 Å². The molecule has 2 rings (SSSR count). The maximum absolute atomic E-state index is 13.3. The molecule has 0 unspecified atom stereocenters. The number of hydrogen-bond acceptors (Lipinski definition) is 3. The summed E-state index contributed by atoms with van der Waals surface area (Å²) in [6, 6.07) is 4.74. The van der Waals surface area contributed by atoms with Gasteiger partial charge in [0.15, 0.2) is 0 Å². The lowest BCUT2D eigenvalue weighted by atomic mass is 10.0. The van der Waals surface area contributed by atoms with Crippen molar-refractivity contribution in [2.45, 2.75) is 6.04 Å². The van der Waals surface area contributed by atoms with Gasteiger partial charge in [-0.2, -0.15) is 5.26 Å². The van der Waals surface area contributed by atoms with Gasteiger partial charge in [-0.15, -0.1) is 0 Å². The van der Waals surface area contributed by atoms with Gasteiger partial charge in [0.2, 0.25) is 0 Å². The van der Waals surface area contributed by atoms with Crippen LogP contribution >= 0.6 is 11.6 Å². The Balaban J connectivity index is 2.38. The number of nitrogens with one attached hydrogen (secondary N) is 2. The summed E-state index contributed by atoms with van der Waals surface area (Å²) in [6.07, 6.45) is 0. The molecule has 1 fully saturated rings. The summed E-state index contributed by atoms with van der Waals surface area (Å²) in [7, 11) is 0. The smallest absolute Gasteiger partial charge is 0.142 e. The van der Waals surface area contributed by atoms with Crippen molar-refractivity contribution in [3.8, 4) is 6.07 Å². The van der Waals surface area contributed by atoms with Gasteiger partial charge >= 0.3 is 0 Å². The fraction of sp³-hybridized carbons (Fsp3) is 0.364. The lowest BCUT2D eigenvalue weighted by molar-refractivity contribution is 0.430. The van der Waals surface area contributed by atoms with E-state index < -0.39 is 5.82 Å². The zero-order chi connectivity index (χ0) is 11.5. The van der Waals surface area contributed by atoms with Crippen molar-refractivity contribution in [1.82, 2.24) is 10.6 Å². The molecule has 0 spiro atoms. The van der Waals surface area contributed by atoms with E-state index in [-0.39, 0.29) is 16.6 Å². The summed E-state index contributed by atoms with van der Waals surface area (Å²) < 4.78 is 13.3. The summed E-state index contributed by atoms with van der Waals surface area (Å²) >= 11 is 6.02. The second-order valence-electron chi connectivity index (χ2n) is 3.65. The Morgan fingerprint density at radius 2 is 2.25 bits per heavy atom. The first-order chi connectivity index (χ1) is 7.74. The van der Waals surface area contributed by atoms with Crippen LogP contribution in [0.25, 0.3) is 0 Å². The Bertz CT molecular complexity index is 436. The van der Waals surface area contributed by atoms with E-state index in [1.165, 1.54) is 6.07 Å². The van der Waals surface area contributed by atoms with Crippen molar-refractivity contribution in [2.75, 3.05) is 19.6 Å². The van der Waals surface area contributed by atoms with E-state index in [1.54, 1.807) is 12.1 Å². The number of rotatable bonds is 1. The Morgan fingerprint density at radius 3 is 2.88 bits per heavy atom. The molecule has 0 aromatic heterocycles. The lowest BCUT2D eigenvalue weighted by Crippen LogP contribution is -2.42. The molecule has 84 valence electrons. The van der Waals surface area contributed by atoms with Crippen molar-refractivity contribution < 1.29 is 4.39 Å². The first kappa shape index (κ1) is 11.3. The van der Waals surface area contributed by atoms with Crippen molar-refractivity contribution in [2.24, 2.45) is 0 Å². The average molecular weight is 240 g/mol. The van der Waals surface area contributed by atoms with Crippen LogP contribution < -0.4 is 10.6 Å². The molecule has 1 aliphatic heterocycles. The van der Waals surface area contributed by atoms with Gasteiger partial charge in [0.25, 0.3) is 0 Å². The highest BCUT2D eigenvalue weighted by Gasteiger charge is 2.20. The van der Waals surface area contributed by atoms with Crippen molar-refractivity contribution in [3.05, 3.63) is 34.1 Å². The van der Waals surface area contributed by atoms with E-state index in [9.17, 15) is 4.39 Å². The van der Waals surface area contributed by atoms with E-state index in [0.29, 0.717) is 0 Å². The number of nitriles is 1. The minimum atomic E-state index is -0.569. The Hall–Kier alpha value is -1.15. The molecule has 0 bridgehead atoms. The van der Waals surface area contributed by atoms with E-state index in [0.717, 1.165) is 25.2 Å². The van der Waals surface area contributed by atoms with Crippen LogP contribution in [-0.4, -0.2) is 19.6 Å². The van der Waals surface area contributed by atoms with Crippen LogP contribution in [0.5, 0.6) is 0 Å². The van der Waals surface area contributed by atoms with Crippen LogP contribution in [0.1, 0.15) is 17.2 Å². The van der Waals surface area contributed by atoms with Gasteiger partial charge in [-0.05, 0) is 11.6 Å². The third-order valence-corrected chi connectivity index (χ3v) is 3.06. The molecule has 3 nitrogen and oxygen atoms in total. The van der Waals surface area contributed by atoms with Crippen LogP contribution in [0.4, 0.5) is 4.39 Å². The quantitative estimate of drug-likeness (QED) is 0.782. The fourth-order valence-electron chi connectivity index (χ4n) is 1.81. The maximum atomic E-state index is 13.3. The normalized spacial score (nSPS) is 20.4. The summed E-state index contributed by atoms with van der Waals surface area (Å²) in [5, 5.41) is 15.5. The Morgan fingerprint density at radius 1 is 1.44 bits per heavy atom. The zero-order valence-electron chi connectivity index (χ0n) is 8.56. The second-order valence-corrected chi connectivity index (χ2v) is 4.03. The predicted molar refractivity (Wildman–Crippen MR) is 59.7 cm³/mol. The summed E-state index contributed by atoms with van der Waals surface area (Å²) in [5.41, 5.74) is 0.693. The highest BCUT2D eigenvalue weighted by Crippen LogP contribution is 2.28. The third kappa shape index (κ3) is 2.03. The molecule has 0 saturated carbocycles. The summed E-state index contributed by atoms with van der Waals surface area (Å²) in [6.45, 7) is 2.47. The van der Waals surface area contributed by atoms with Gasteiger partial charge in [0.05, 0.1) is 5.02 Å². The van der Waals surface area contributed by atoms with Gasteiger partial charge in [0, 0.05) is 25.7 Å². The largest absolute Gasteiger partial charge is 0.314 e. The maximum Gasteiger partial charge on any atom is 0.142 e. The molecule has 0 amide bonds. The monoisotopic (exact) mass is 239 g/mol.